The van der Waals surface area contributed by atoms with E-state index in [2.05, 4.69) is 50.4 Å². The minimum Gasteiger partial charge on any atom is -0.378 e. The van der Waals surface area contributed by atoms with Crippen LogP contribution in [-0.4, -0.2) is 19.3 Å². The minimum absolute atomic E-state index is 0.502. The molecule has 1 atom stereocenters. The Bertz CT molecular complexity index is 398. The van der Waals surface area contributed by atoms with E-state index in [0.717, 1.165) is 19.1 Å². The van der Waals surface area contributed by atoms with Gasteiger partial charge in [0.25, 0.3) is 0 Å². The van der Waals surface area contributed by atoms with Crippen LogP contribution < -0.4 is 5.32 Å². The molecule has 0 bridgehead atoms. The molecular formula is C18H29NO. The second kappa shape index (κ2) is 7.80. The monoisotopic (exact) mass is 275 g/mol. The van der Waals surface area contributed by atoms with E-state index in [0.29, 0.717) is 12.1 Å². The van der Waals surface area contributed by atoms with Gasteiger partial charge in [-0.15, -0.1) is 0 Å². The van der Waals surface area contributed by atoms with Crippen LogP contribution in [0, 0.1) is 12.8 Å². The standard InChI is InChI=1S/C18H29NO/c1-4-9-19-18(16-8-6-7-14(3)10-16)13-15-11-17(12-15)20-5-2/h6-8,10,15,17-19H,4-5,9,11-13H2,1-3H3. The van der Waals surface area contributed by atoms with E-state index in [9.17, 15) is 0 Å². The first-order valence-corrected chi connectivity index (χ1v) is 8.14. The van der Waals surface area contributed by atoms with Crippen molar-refractivity contribution >= 4 is 0 Å². The van der Waals surface area contributed by atoms with Crippen LogP contribution in [0.4, 0.5) is 0 Å². The van der Waals surface area contributed by atoms with Crippen LogP contribution in [0.25, 0.3) is 0 Å². The molecule has 0 aromatic heterocycles. The van der Waals surface area contributed by atoms with E-state index >= 15 is 0 Å². The molecule has 1 aliphatic carbocycles. The van der Waals surface area contributed by atoms with Gasteiger partial charge in [-0.3, -0.25) is 0 Å². The molecule has 1 fully saturated rings. The molecule has 0 radical (unpaired) electrons. The normalized spacial score (nSPS) is 23.4. The fraction of sp³-hybridized carbons (Fsp3) is 0.667. The Morgan fingerprint density at radius 2 is 2.10 bits per heavy atom. The summed E-state index contributed by atoms with van der Waals surface area (Å²) in [4.78, 5) is 0. The van der Waals surface area contributed by atoms with Crippen LogP contribution in [-0.2, 0) is 4.74 Å². The second-order valence-electron chi connectivity index (χ2n) is 6.07. The molecule has 1 aromatic rings. The maximum Gasteiger partial charge on any atom is 0.0580 e. The van der Waals surface area contributed by atoms with Crippen LogP contribution in [0.2, 0.25) is 0 Å². The number of hydrogen-bond donors (Lipinski definition) is 1. The lowest BCUT2D eigenvalue weighted by atomic mass is 9.77. The zero-order valence-corrected chi connectivity index (χ0v) is 13.2. The summed E-state index contributed by atoms with van der Waals surface area (Å²) in [7, 11) is 0. The van der Waals surface area contributed by atoms with Gasteiger partial charge in [-0.1, -0.05) is 36.8 Å². The van der Waals surface area contributed by atoms with Crippen molar-refractivity contribution < 1.29 is 4.74 Å². The van der Waals surface area contributed by atoms with Gasteiger partial charge in [0.15, 0.2) is 0 Å². The average molecular weight is 275 g/mol. The highest BCUT2D eigenvalue weighted by atomic mass is 16.5. The van der Waals surface area contributed by atoms with Crippen molar-refractivity contribution in [1.82, 2.24) is 5.32 Å². The molecule has 1 unspecified atom stereocenters. The maximum absolute atomic E-state index is 5.68. The number of ether oxygens (including phenoxy) is 1. The third kappa shape index (κ3) is 4.32. The summed E-state index contributed by atoms with van der Waals surface area (Å²) in [6, 6.07) is 9.44. The fourth-order valence-corrected chi connectivity index (χ4v) is 3.11. The van der Waals surface area contributed by atoms with Crippen molar-refractivity contribution in [2.75, 3.05) is 13.2 Å². The van der Waals surface area contributed by atoms with E-state index in [1.165, 1.54) is 36.8 Å². The summed E-state index contributed by atoms with van der Waals surface area (Å²) in [5.74, 6) is 0.821. The van der Waals surface area contributed by atoms with Crippen molar-refractivity contribution in [2.24, 2.45) is 5.92 Å². The molecular weight excluding hydrogens is 246 g/mol. The van der Waals surface area contributed by atoms with Gasteiger partial charge in [0.1, 0.15) is 0 Å². The molecule has 1 N–H and O–H groups in total. The van der Waals surface area contributed by atoms with Crippen LogP contribution in [0.15, 0.2) is 24.3 Å². The lowest BCUT2D eigenvalue weighted by molar-refractivity contribution is -0.0291. The Labute approximate surface area is 123 Å². The highest BCUT2D eigenvalue weighted by Crippen LogP contribution is 2.37. The Balaban J connectivity index is 1.91. The quantitative estimate of drug-likeness (QED) is 0.766. The van der Waals surface area contributed by atoms with E-state index in [1.807, 2.05) is 0 Å². The molecule has 0 saturated heterocycles. The molecule has 1 aromatic carbocycles. The third-order valence-corrected chi connectivity index (χ3v) is 4.25. The first-order valence-electron chi connectivity index (χ1n) is 8.14. The van der Waals surface area contributed by atoms with Crippen molar-refractivity contribution in [3.8, 4) is 0 Å². The van der Waals surface area contributed by atoms with E-state index in [-0.39, 0.29) is 0 Å². The van der Waals surface area contributed by atoms with Crippen molar-refractivity contribution in [3.63, 3.8) is 0 Å². The smallest absolute Gasteiger partial charge is 0.0580 e. The maximum atomic E-state index is 5.68. The molecule has 0 amide bonds. The molecule has 2 nitrogen and oxygen atoms in total. The number of benzene rings is 1. The lowest BCUT2D eigenvalue weighted by Crippen LogP contribution is -2.35. The summed E-state index contributed by atoms with van der Waals surface area (Å²) < 4.78 is 5.68. The van der Waals surface area contributed by atoms with Gasteiger partial charge in [0.05, 0.1) is 6.10 Å². The van der Waals surface area contributed by atoms with Gasteiger partial charge in [-0.05, 0) is 57.6 Å². The predicted molar refractivity (Wildman–Crippen MR) is 85.0 cm³/mol. The molecule has 20 heavy (non-hydrogen) atoms. The van der Waals surface area contributed by atoms with Crippen LogP contribution in [0.3, 0.4) is 0 Å². The van der Waals surface area contributed by atoms with Gasteiger partial charge >= 0.3 is 0 Å². The third-order valence-electron chi connectivity index (χ3n) is 4.25. The van der Waals surface area contributed by atoms with Gasteiger partial charge in [0.2, 0.25) is 0 Å². The van der Waals surface area contributed by atoms with E-state index in [1.54, 1.807) is 0 Å². The average Bonchev–Trinajstić information content (AvgIpc) is 2.40. The molecule has 0 spiro atoms. The predicted octanol–water partition coefficient (Wildman–Crippen LogP) is 4.24. The first-order chi connectivity index (χ1) is 9.72. The van der Waals surface area contributed by atoms with Crippen LogP contribution in [0.5, 0.6) is 0 Å². The fourth-order valence-electron chi connectivity index (χ4n) is 3.11. The Morgan fingerprint density at radius 3 is 2.75 bits per heavy atom. The van der Waals surface area contributed by atoms with Gasteiger partial charge < -0.3 is 10.1 Å². The lowest BCUT2D eigenvalue weighted by Gasteiger charge is -2.37. The SMILES string of the molecule is CCCNC(CC1CC(OCC)C1)c1cccc(C)c1. The number of nitrogens with one attached hydrogen (secondary N) is 1. The zero-order valence-electron chi connectivity index (χ0n) is 13.2. The minimum atomic E-state index is 0.502. The molecule has 1 saturated carbocycles. The summed E-state index contributed by atoms with van der Waals surface area (Å²) in [6.07, 6.45) is 5.43. The van der Waals surface area contributed by atoms with Crippen molar-refractivity contribution in [1.29, 1.82) is 0 Å². The molecule has 2 heteroatoms. The summed E-state index contributed by atoms with van der Waals surface area (Å²) in [6.45, 7) is 8.45. The first kappa shape index (κ1) is 15.5. The van der Waals surface area contributed by atoms with Crippen LogP contribution in [0.1, 0.15) is 56.7 Å². The Kier molecular flexibility index (Phi) is 6.06. The highest BCUT2D eigenvalue weighted by Gasteiger charge is 2.31. The summed E-state index contributed by atoms with van der Waals surface area (Å²) in [5, 5.41) is 3.72. The topological polar surface area (TPSA) is 21.3 Å². The largest absolute Gasteiger partial charge is 0.378 e. The highest BCUT2D eigenvalue weighted by molar-refractivity contribution is 5.25. The molecule has 0 heterocycles. The van der Waals surface area contributed by atoms with Crippen molar-refractivity contribution in [3.05, 3.63) is 35.4 Å². The Hall–Kier alpha value is -0.860. The molecule has 1 aliphatic rings. The molecule has 2 rings (SSSR count). The van der Waals surface area contributed by atoms with Gasteiger partial charge in [-0.25, -0.2) is 0 Å². The zero-order chi connectivity index (χ0) is 14.4. The molecule has 0 aliphatic heterocycles. The number of hydrogen-bond acceptors (Lipinski definition) is 2. The Morgan fingerprint density at radius 1 is 1.30 bits per heavy atom. The van der Waals surface area contributed by atoms with E-state index in [4.69, 9.17) is 4.74 Å². The summed E-state index contributed by atoms with van der Waals surface area (Å²) >= 11 is 0. The van der Waals surface area contributed by atoms with Crippen molar-refractivity contribution in [2.45, 2.75) is 58.6 Å². The van der Waals surface area contributed by atoms with Gasteiger partial charge in [0, 0.05) is 12.6 Å². The molecule has 112 valence electrons. The summed E-state index contributed by atoms with van der Waals surface area (Å²) in [5.41, 5.74) is 2.80. The van der Waals surface area contributed by atoms with Crippen LogP contribution >= 0.6 is 0 Å². The number of aryl methyl sites for hydroxylation is 1. The second-order valence-corrected chi connectivity index (χ2v) is 6.07. The van der Waals surface area contributed by atoms with Gasteiger partial charge in [-0.2, -0.15) is 0 Å². The number of rotatable bonds is 8. The van der Waals surface area contributed by atoms with E-state index < -0.39 is 0 Å².